The Kier molecular flexibility index (Phi) is 4.52. The Morgan fingerprint density at radius 3 is 2.58 bits per heavy atom. The highest BCUT2D eigenvalue weighted by Crippen LogP contribution is 2.24. The Morgan fingerprint density at radius 1 is 1.16 bits per heavy atom. The Bertz CT molecular complexity index is 540. The zero-order valence-corrected chi connectivity index (χ0v) is 11.4. The van der Waals surface area contributed by atoms with Crippen molar-refractivity contribution < 1.29 is 5.11 Å². The van der Waals surface area contributed by atoms with Gasteiger partial charge in [0.15, 0.2) is 0 Å². The third-order valence-corrected chi connectivity index (χ3v) is 3.04. The molecule has 0 atom stereocenters. The van der Waals surface area contributed by atoms with Crippen molar-refractivity contribution in [3.8, 4) is 0 Å². The van der Waals surface area contributed by atoms with Crippen LogP contribution in [0.3, 0.4) is 0 Å². The highest BCUT2D eigenvalue weighted by Gasteiger charge is 2.11. The molecule has 0 saturated heterocycles. The minimum Gasteiger partial charge on any atom is -0.395 e. The van der Waals surface area contributed by atoms with Crippen molar-refractivity contribution in [3.05, 3.63) is 24.3 Å². The summed E-state index contributed by atoms with van der Waals surface area (Å²) < 4.78 is 0. The molecule has 1 heterocycles. The van der Waals surface area contributed by atoms with Gasteiger partial charge in [0.1, 0.15) is 5.82 Å². The maximum absolute atomic E-state index is 8.88. The molecule has 5 heteroatoms. The van der Waals surface area contributed by atoms with Gasteiger partial charge in [-0.15, -0.1) is 0 Å². The Morgan fingerprint density at radius 2 is 1.89 bits per heavy atom. The number of nitrogens with zero attached hydrogens (tertiary/aromatic N) is 3. The highest BCUT2D eigenvalue weighted by molar-refractivity contribution is 5.90. The number of fused-ring (bicyclic) bond motifs is 1. The first kappa shape index (κ1) is 13.5. The number of para-hydroxylation sites is 1. The normalized spacial score (nSPS) is 10.7. The maximum atomic E-state index is 8.88. The number of rotatable bonds is 6. The predicted octanol–water partition coefficient (Wildman–Crippen LogP) is 1.88. The van der Waals surface area contributed by atoms with E-state index in [-0.39, 0.29) is 6.61 Å². The van der Waals surface area contributed by atoms with Crippen molar-refractivity contribution in [2.75, 3.05) is 36.5 Å². The lowest BCUT2D eigenvalue weighted by atomic mass is 10.2. The molecule has 1 aromatic carbocycles. The summed E-state index contributed by atoms with van der Waals surface area (Å²) in [7, 11) is 0. The summed E-state index contributed by atoms with van der Waals surface area (Å²) in [4.78, 5) is 11.2. The van der Waals surface area contributed by atoms with Crippen molar-refractivity contribution in [1.29, 1.82) is 0 Å². The molecular formula is C14H20N4O. The van der Waals surface area contributed by atoms with E-state index in [1.54, 1.807) is 0 Å². The molecule has 0 aliphatic rings. The van der Waals surface area contributed by atoms with Crippen LogP contribution in [0.25, 0.3) is 10.9 Å². The molecule has 19 heavy (non-hydrogen) atoms. The van der Waals surface area contributed by atoms with Gasteiger partial charge in [-0.2, -0.15) is 4.98 Å². The molecule has 0 saturated carbocycles. The number of hydrogen-bond donors (Lipinski definition) is 2. The molecule has 2 aromatic rings. The topological polar surface area (TPSA) is 61.3 Å². The molecule has 0 aliphatic carbocycles. The third-order valence-electron chi connectivity index (χ3n) is 3.04. The molecule has 1 aromatic heterocycles. The van der Waals surface area contributed by atoms with Crippen molar-refractivity contribution in [2.24, 2.45) is 0 Å². The van der Waals surface area contributed by atoms with Crippen LogP contribution in [0, 0.1) is 0 Å². The van der Waals surface area contributed by atoms with Crippen LogP contribution < -0.4 is 10.2 Å². The van der Waals surface area contributed by atoms with Crippen LogP contribution in [0.15, 0.2) is 24.3 Å². The molecule has 0 bridgehead atoms. The fourth-order valence-electron chi connectivity index (χ4n) is 2.07. The maximum Gasteiger partial charge on any atom is 0.225 e. The average molecular weight is 260 g/mol. The third kappa shape index (κ3) is 2.93. The smallest absolute Gasteiger partial charge is 0.225 e. The number of aliphatic hydroxyl groups is 1. The van der Waals surface area contributed by atoms with Crippen LogP contribution in [0.2, 0.25) is 0 Å². The van der Waals surface area contributed by atoms with Gasteiger partial charge in [0.2, 0.25) is 5.95 Å². The van der Waals surface area contributed by atoms with Crippen molar-refractivity contribution >= 4 is 22.7 Å². The molecule has 0 unspecified atom stereocenters. The van der Waals surface area contributed by atoms with E-state index in [1.807, 2.05) is 24.3 Å². The number of aromatic nitrogens is 2. The summed E-state index contributed by atoms with van der Waals surface area (Å²) >= 11 is 0. The van der Waals surface area contributed by atoms with E-state index in [4.69, 9.17) is 5.11 Å². The highest BCUT2D eigenvalue weighted by atomic mass is 16.3. The lowest BCUT2D eigenvalue weighted by molar-refractivity contribution is 0.311. The van der Waals surface area contributed by atoms with Gasteiger partial charge in [0, 0.05) is 25.0 Å². The quantitative estimate of drug-likeness (QED) is 0.830. The van der Waals surface area contributed by atoms with Crippen LogP contribution in [0.4, 0.5) is 11.8 Å². The summed E-state index contributed by atoms with van der Waals surface area (Å²) in [6.07, 6.45) is 0. The fourth-order valence-corrected chi connectivity index (χ4v) is 2.07. The predicted molar refractivity (Wildman–Crippen MR) is 78.7 cm³/mol. The molecule has 0 aliphatic heterocycles. The summed E-state index contributed by atoms with van der Waals surface area (Å²) in [5.74, 6) is 1.51. The van der Waals surface area contributed by atoms with E-state index in [2.05, 4.69) is 34.0 Å². The van der Waals surface area contributed by atoms with Gasteiger partial charge in [0.05, 0.1) is 12.1 Å². The van der Waals surface area contributed by atoms with Crippen LogP contribution in [-0.4, -0.2) is 41.3 Å². The van der Waals surface area contributed by atoms with E-state index in [0.717, 1.165) is 29.8 Å². The van der Waals surface area contributed by atoms with Crippen LogP contribution in [0.5, 0.6) is 0 Å². The fraction of sp³-hybridized carbons (Fsp3) is 0.429. The number of hydrogen-bond acceptors (Lipinski definition) is 5. The lowest BCUT2D eigenvalue weighted by Gasteiger charge is -2.22. The second-order valence-electron chi connectivity index (χ2n) is 4.21. The zero-order chi connectivity index (χ0) is 13.7. The second-order valence-corrected chi connectivity index (χ2v) is 4.21. The average Bonchev–Trinajstić information content (AvgIpc) is 2.46. The van der Waals surface area contributed by atoms with E-state index in [9.17, 15) is 0 Å². The molecule has 0 radical (unpaired) electrons. The molecule has 0 fully saturated rings. The molecule has 102 valence electrons. The zero-order valence-electron chi connectivity index (χ0n) is 11.4. The van der Waals surface area contributed by atoms with Crippen molar-refractivity contribution in [1.82, 2.24) is 9.97 Å². The number of aliphatic hydroxyl groups excluding tert-OH is 1. The SMILES string of the molecule is CCN(CC)c1nc(NCCO)nc2ccccc12. The number of nitrogens with one attached hydrogen (secondary N) is 1. The first-order valence-corrected chi connectivity index (χ1v) is 6.66. The van der Waals surface area contributed by atoms with Gasteiger partial charge < -0.3 is 15.3 Å². The van der Waals surface area contributed by atoms with Crippen molar-refractivity contribution in [2.45, 2.75) is 13.8 Å². The Balaban J connectivity index is 2.51. The van der Waals surface area contributed by atoms with E-state index in [0.29, 0.717) is 12.5 Å². The first-order chi connectivity index (χ1) is 9.30. The van der Waals surface area contributed by atoms with Crippen LogP contribution in [-0.2, 0) is 0 Å². The van der Waals surface area contributed by atoms with Gasteiger partial charge >= 0.3 is 0 Å². The molecule has 2 rings (SSSR count). The summed E-state index contributed by atoms with van der Waals surface area (Å²) in [6, 6.07) is 7.99. The first-order valence-electron chi connectivity index (χ1n) is 6.66. The lowest BCUT2D eigenvalue weighted by Crippen LogP contribution is -2.24. The Labute approximate surface area is 113 Å². The molecule has 0 spiro atoms. The van der Waals surface area contributed by atoms with Gasteiger partial charge in [0.25, 0.3) is 0 Å². The largest absolute Gasteiger partial charge is 0.395 e. The van der Waals surface area contributed by atoms with Gasteiger partial charge in [-0.25, -0.2) is 4.98 Å². The van der Waals surface area contributed by atoms with Gasteiger partial charge in [-0.3, -0.25) is 0 Å². The number of benzene rings is 1. The molecule has 2 N–H and O–H groups in total. The van der Waals surface area contributed by atoms with Gasteiger partial charge in [-0.1, -0.05) is 12.1 Å². The molecular weight excluding hydrogens is 240 g/mol. The molecule has 5 nitrogen and oxygen atoms in total. The minimum atomic E-state index is 0.0663. The van der Waals surface area contributed by atoms with Gasteiger partial charge in [-0.05, 0) is 26.0 Å². The summed E-state index contributed by atoms with van der Waals surface area (Å²) in [5, 5.41) is 13.0. The molecule has 0 amide bonds. The standard InChI is InChI=1S/C14H20N4O/c1-3-18(4-2)13-11-7-5-6-8-12(11)16-14(17-13)15-9-10-19/h5-8,19H,3-4,9-10H2,1-2H3,(H,15,16,17). The Hall–Kier alpha value is -1.88. The van der Waals surface area contributed by atoms with E-state index >= 15 is 0 Å². The monoisotopic (exact) mass is 260 g/mol. The minimum absolute atomic E-state index is 0.0663. The van der Waals surface area contributed by atoms with Crippen LogP contribution in [0.1, 0.15) is 13.8 Å². The summed E-state index contributed by atoms with van der Waals surface area (Å²) in [5.41, 5.74) is 0.917. The van der Waals surface area contributed by atoms with Crippen LogP contribution >= 0.6 is 0 Å². The van der Waals surface area contributed by atoms with E-state index in [1.165, 1.54) is 0 Å². The second kappa shape index (κ2) is 6.33. The van der Waals surface area contributed by atoms with Crippen molar-refractivity contribution in [3.63, 3.8) is 0 Å². The summed E-state index contributed by atoms with van der Waals surface area (Å²) in [6.45, 7) is 6.54. The van der Waals surface area contributed by atoms with E-state index < -0.39 is 0 Å². The number of anilines is 2.